The van der Waals surface area contributed by atoms with Gasteiger partial charge >= 0.3 is 0 Å². The summed E-state index contributed by atoms with van der Waals surface area (Å²) in [6.07, 6.45) is 3.33. The van der Waals surface area contributed by atoms with Crippen LogP contribution in [-0.4, -0.2) is 17.9 Å². The van der Waals surface area contributed by atoms with Crippen LogP contribution in [0, 0.1) is 5.82 Å². The highest BCUT2D eigenvalue weighted by Gasteiger charge is 2.14. The first-order chi connectivity index (χ1) is 9.49. The minimum absolute atomic E-state index is 0.0380. The number of pyridine rings is 1. The quantitative estimate of drug-likeness (QED) is 0.828. The van der Waals surface area contributed by atoms with Gasteiger partial charge in [0, 0.05) is 31.7 Å². The van der Waals surface area contributed by atoms with Crippen LogP contribution in [0.15, 0.2) is 36.7 Å². The first kappa shape index (κ1) is 13.8. The van der Waals surface area contributed by atoms with Crippen LogP contribution in [0.5, 0.6) is 0 Å². The number of rotatable bonds is 4. The van der Waals surface area contributed by atoms with E-state index >= 15 is 0 Å². The molecule has 0 aliphatic carbocycles. The van der Waals surface area contributed by atoms with E-state index in [1.54, 1.807) is 24.3 Å². The van der Waals surface area contributed by atoms with Crippen LogP contribution in [0.1, 0.15) is 15.9 Å². The molecule has 1 heterocycles. The highest BCUT2D eigenvalue weighted by Crippen LogP contribution is 2.25. The maximum atomic E-state index is 14.0. The lowest BCUT2D eigenvalue weighted by Crippen LogP contribution is -2.20. The van der Waals surface area contributed by atoms with Crippen molar-refractivity contribution >= 4 is 17.3 Å². The number of nitrogens with zero attached hydrogens (tertiary/aromatic N) is 2. The van der Waals surface area contributed by atoms with Gasteiger partial charge in [0.1, 0.15) is 5.82 Å². The highest BCUT2D eigenvalue weighted by atomic mass is 19.1. The molecule has 1 amide bonds. The molecule has 1 aromatic heterocycles. The molecule has 0 fully saturated rings. The van der Waals surface area contributed by atoms with E-state index < -0.39 is 11.7 Å². The predicted octanol–water partition coefficient (Wildman–Crippen LogP) is 1.54. The Balaban J connectivity index is 2.32. The number of benzene rings is 1. The van der Waals surface area contributed by atoms with E-state index in [-0.39, 0.29) is 16.9 Å². The second kappa shape index (κ2) is 5.56. The number of hydrogen-bond acceptors (Lipinski definition) is 4. The van der Waals surface area contributed by atoms with E-state index in [4.69, 9.17) is 11.5 Å². The van der Waals surface area contributed by atoms with Crippen molar-refractivity contribution in [3.63, 3.8) is 0 Å². The molecule has 0 saturated heterocycles. The minimum Gasteiger partial charge on any atom is -0.398 e. The molecule has 0 bridgehead atoms. The Kier molecular flexibility index (Phi) is 3.84. The summed E-state index contributed by atoms with van der Waals surface area (Å²) in [7, 11) is 1.72. The molecular formula is C14H15FN4O. The monoisotopic (exact) mass is 274 g/mol. The summed E-state index contributed by atoms with van der Waals surface area (Å²) in [5, 5.41) is 0. The number of carbonyl (C=O) groups is 1. The molecule has 0 aliphatic rings. The average Bonchev–Trinajstić information content (AvgIpc) is 2.39. The Morgan fingerprint density at radius 2 is 2.00 bits per heavy atom. The summed E-state index contributed by atoms with van der Waals surface area (Å²) >= 11 is 0. The number of hydrogen-bond donors (Lipinski definition) is 2. The summed E-state index contributed by atoms with van der Waals surface area (Å²) in [6, 6.07) is 6.15. The van der Waals surface area contributed by atoms with Gasteiger partial charge in [-0.05, 0) is 29.8 Å². The molecule has 104 valence electrons. The van der Waals surface area contributed by atoms with Gasteiger partial charge in [-0.25, -0.2) is 4.39 Å². The van der Waals surface area contributed by atoms with Crippen LogP contribution in [0.3, 0.4) is 0 Å². The van der Waals surface area contributed by atoms with Crippen LogP contribution >= 0.6 is 0 Å². The number of aromatic nitrogens is 1. The Labute approximate surface area is 116 Å². The molecular weight excluding hydrogens is 259 g/mol. The van der Waals surface area contributed by atoms with Crippen LogP contribution in [0.4, 0.5) is 15.8 Å². The Morgan fingerprint density at radius 1 is 1.35 bits per heavy atom. The number of amides is 1. The van der Waals surface area contributed by atoms with Crippen LogP contribution in [-0.2, 0) is 6.54 Å². The van der Waals surface area contributed by atoms with Crippen molar-refractivity contribution in [1.82, 2.24) is 4.98 Å². The standard InChI is InChI=1S/C14H15FN4O/c1-19(8-9-2-4-18-5-3-9)13-6-10(14(17)20)12(16)7-11(13)15/h2-7H,8,16H2,1H3,(H2,17,20). The van der Waals surface area contributed by atoms with Gasteiger partial charge in [0.05, 0.1) is 11.3 Å². The van der Waals surface area contributed by atoms with Gasteiger partial charge < -0.3 is 16.4 Å². The number of carbonyl (C=O) groups excluding carboxylic acids is 1. The van der Waals surface area contributed by atoms with E-state index in [9.17, 15) is 9.18 Å². The van der Waals surface area contributed by atoms with Crippen LogP contribution < -0.4 is 16.4 Å². The normalized spacial score (nSPS) is 10.3. The fourth-order valence-electron chi connectivity index (χ4n) is 1.93. The Bertz CT molecular complexity index is 631. The third-order valence-corrected chi connectivity index (χ3v) is 2.96. The van der Waals surface area contributed by atoms with E-state index in [1.165, 1.54) is 6.07 Å². The molecule has 2 rings (SSSR count). The molecule has 0 unspecified atom stereocenters. The van der Waals surface area contributed by atoms with Crippen molar-refractivity contribution in [2.75, 3.05) is 17.7 Å². The number of halogens is 1. The van der Waals surface area contributed by atoms with Crippen molar-refractivity contribution in [3.8, 4) is 0 Å². The number of nitrogen functional groups attached to an aromatic ring is 1. The summed E-state index contributed by atoms with van der Waals surface area (Å²) in [6.45, 7) is 0.474. The van der Waals surface area contributed by atoms with Gasteiger partial charge in [-0.1, -0.05) is 0 Å². The highest BCUT2D eigenvalue weighted by molar-refractivity contribution is 5.99. The topological polar surface area (TPSA) is 85.2 Å². The van der Waals surface area contributed by atoms with Crippen molar-refractivity contribution in [2.45, 2.75) is 6.54 Å². The molecule has 0 radical (unpaired) electrons. The van der Waals surface area contributed by atoms with Gasteiger partial charge in [0.25, 0.3) is 5.91 Å². The molecule has 6 heteroatoms. The van der Waals surface area contributed by atoms with Gasteiger partial charge in [-0.3, -0.25) is 9.78 Å². The van der Waals surface area contributed by atoms with Crippen molar-refractivity contribution in [3.05, 3.63) is 53.6 Å². The lowest BCUT2D eigenvalue weighted by molar-refractivity contribution is 0.100. The Hall–Kier alpha value is -2.63. The third kappa shape index (κ3) is 2.85. The predicted molar refractivity (Wildman–Crippen MR) is 75.7 cm³/mol. The van der Waals surface area contributed by atoms with E-state index in [0.29, 0.717) is 6.54 Å². The number of nitrogens with two attached hydrogens (primary N) is 2. The van der Waals surface area contributed by atoms with Gasteiger partial charge in [-0.15, -0.1) is 0 Å². The van der Waals surface area contributed by atoms with Crippen molar-refractivity contribution in [2.24, 2.45) is 5.73 Å². The van der Waals surface area contributed by atoms with Gasteiger partial charge in [0.15, 0.2) is 0 Å². The zero-order valence-corrected chi connectivity index (χ0v) is 11.0. The molecule has 0 atom stereocenters. The molecule has 0 saturated carbocycles. The molecule has 0 aliphatic heterocycles. The summed E-state index contributed by atoms with van der Waals surface area (Å²) in [5.41, 5.74) is 12.2. The largest absolute Gasteiger partial charge is 0.398 e. The average molecular weight is 274 g/mol. The van der Waals surface area contributed by atoms with Crippen LogP contribution in [0.2, 0.25) is 0 Å². The third-order valence-electron chi connectivity index (χ3n) is 2.96. The van der Waals surface area contributed by atoms with Gasteiger partial charge in [0.2, 0.25) is 0 Å². The summed E-state index contributed by atoms with van der Waals surface area (Å²) in [5.74, 6) is -1.18. The second-order valence-electron chi connectivity index (χ2n) is 4.47. The molecule has 20 heavy (non-hydrogen) atoms. The van der Waals surface area contributed by atoms with E-state index in [0.717, 1.165) is 11.6 Å². The Morgan fingerprint density at radius 3 is 2.60 bits per heavy atom. The maximum absolute atomic E-state index is 14.0. The van der Waals surface area contributed by atoms with E-state index in [1.807, 2.05) is 12.1 Å². The molecule has 5 nitrogen and oxygen atoms in total. The van der Waals surface area contributed by atoms with E-state index in [2.05, 4.69) is 4.98 Å². The smallest absolute Gasteiger partial charge is 0.250 e. The summed E-state index contributed by atoms with van der Waals surface area (Å²) in [4.78, 5) is 16.9. The lowest BCUT2D eigenvalue weighted by atomic mass is 10.1. The first-order valence-electron chi connectivity index (χ1n) is 5.98. The first-order valence-corrected chi connectivity index (χ1v) is 5.98. The molecule has 1 aromatic carbocycles. The second-order valence-corrected chi connectivity index (χ2v) is 4.47. The van der Waals surface area contributed by atoms with Crippen LogP contribution in [0.25, 0.3) is 0 Å². The molecule has 2 aromatic rings. The van der Waals surface area contributed by atoms with Crippen molar-refractivity contribution in [1.29, 1.82) is 0 Å². The number of primary amides is 1. The van der Waals surface area contributed by atoms with Gasteiger partial charge in [-0.2, -0.15) is 0 Å². The number of anilines is 2. The fourth-order valence-corrected chi connectivity index (χ4v) is 1.93. The minimum atomic E-state index is -0.680. The SMILES string of the molecule is CN(Cc1ccncc1)c1cc(C(N)=O)c(N)cc1F. The summed E-state index contributed by atoms with van der Waals surface area (Å²) < 4.78 is 14.0. The molecule has 4 N–H and O–H groups in total. The molecule has 0 spiro atoms. The maximum Gasteiger partial charge on any atom is 0.250 e. The zero-order chi connectivity index (χ0) is 14.7. The van der Waals surface area contributed by atoms with Crippen molar-refractivity contribution < 1.29 is 9.18 Å². The fraction of sp³-hybridized carbons (Fsp3) is 0.143. The lowest BCUT2D eigenvalue weighted by Gasteiger charge is -2.21. The zero-order valence-electron chi connectivity index (χ0n) is 11.0.